The Labute approximate surface area is 189 Å². The summed E-state index contributed by atoms with van der Waals surface area (Å²) in [5, 5.41) is 12.5. The molecule has 1 fully saturated rings. The van der Waals surface area contributed by atoms with Crippen LogP contribution < -0.4 is 15.1 Å². The van der Waals surface area contributed by atoms with Gasteiger partial charge in [0.2, 0.25) is 0 Å². The molecule has 0 aromatic heterocycles. The number of halogens is 1. The molecule has 4 rings (SSSR count). The van der Waals surface area contributed by atoms with Crippen LogP contribution in [0.5, 0.6) is 5.75 Å². The molecule has 5 nitrogen and oxygen atoms in total. The number of rotatable bonds is 4. The van der Waals surface area contributed by atoms with Gasteiger partial charge in [-0.2, -0.15) is 0 Å². The summed E-state index contributed by atoms with van der Waals surface area (Å²) in [6.45, 7) is 9.43. The Bertz CT molecular complexity index is 1030. The molecule has 1 amide bonds. The van der Waals surface area contributed by atoms with Crippen LogP contribution in [0.1, 0.15) is 29.8 Å². The monoisotopic (exact) mass is 435 g/mol. The van der Waals surface area contributed by atoms with Crippen molar-refractivity contribution < 1.29 is 14.3 Å². The van der Waals surface area contributed by atoms with E-state index >= 15 is 0 Å². The van der Waals surface area contributed by atoms with Crippen LogP contribution in [0.2, 0.25) is 0 Å². The second-order valence-corrected chi connectivity index (χ2v) is 7.45. The van der Waals surface area contributed by atoms with E-state index in [1.165, 1.54) is 24.3 Å². The summed E-state index contributed by atoms with van der Waals surface area (Å²) in [6, 6.07) is 19.0. The minimum atomic E-state index is -0.335. The van der Waals surface area contributed by atoms with Gasteiger partial charge in [-0.3, -0.25) is 4.79 Å². The van der Waals surface area contributed by atoms with Crippen molar-refractivity contribution >= 4 is 23.0 Å². The molecule has 32 heavy (non-hydrogen) atoms. The SMILES string of the molecule is CC.Cc1cc(N2CCN(c3ccc(C(=O)Nc4ccc(F)cc4)cc3)CC2)ccc1O. The van der Waals surface area contributed by atoms with E-state index in [0.29, 0.717) is 17.0 Å². The molecule has 0 unspecified atom stereocenters. The minimum absolute atomic E-state index is 0.222. The molecular weight excluding hydrogens is 405 g/mol. The molecule has 0 aliphatic carbocycles. The molecule has 1 aliphatic heterocycles. The quantitative estimate of drug-likeness (QED) is 0.573. The fraction of sp³-hybridized carbons (Fsp3) is 0.269. The zero-order valence-electron chi connectivity index (χ0n) is 18.8. The molecule has 6 heteroatoms. The van der Waals surface area contributed by atoms with Crippen molar-refractivity contribution in [1.29, 1.82) is 0 Å². The number of anilines is 3. The lowest BCUT2D eigenvalue weighted by molar-refractivity contribution is 0.102. The van der Waals surface area contributed by atoms with Gasteiger partial charge in [-0.05, 0) is 79.2 Å². The highest BCUT2D eigenvalue weighted by Gasteiger charge is 2.18. The van der Waals surface area contributed by atoms with E-state index in [4.69, 9.17) is 0 Å². The van der Waals surface area contributed by atoms with Gasteiger partial charge in [0.05, 0.1) is 0 Å². The Kier molecular flexibility index (Phi) is 7.71. The van der Waals surface area contributed by atoms with Crippen LogP contribution >= 0.6 is 0 Å². The van der Waals surface area contributed by atoms with Gasteiger partial charge < -0.3 is 20.2 Å². The van der Waals surface area contributed by atoms with E-state index in [0.717, 1.165) is 43.1 Å². The normalized spacial score (nSPS) is 13.2. The smallest absolute Gasteiger partial charge is 0.255 e. The summed E-state index contributed by atoms with van der Waals surface area (Å²) in [6.07, 6.45) is 0. The first kappa shape index (κ1) is 23.1. The highest BCUT2D eigenvalue weighted by molar-refractivity contribution is 6.04. The van der Waals surface area contributed by atoms with Crippen molar-refractivity contribution in [3.8, 4) is 5.75 Å². The lowest BCUT2D eigenvalue weighted by Gasteiger charge is -2.37. The van der Waals surface area contributed by atoms with E-state index in [1.807, 2.05) is 57.2 Å². The molecule has 0 spiro atoms. The van der Waals surface area contributed by atoms with Crippen molar-refractivity contribution in [3.63, 3.8) is 0 Å². The maximum atomic E-state index is 13.0. The fourth-order valence-electron chi connectivity index (χ4n) is 3.62. The van der Waals surface area contributed by atoms with E-state index < -0.39 is 0 Å². The Balaban J connectivity index is 0.00000141. The summed E-state index contributed by atoms with van der Waals surface area (Å²) in [5.41, 5.74) is 4.20. The Morgan fingerprint density at radius 1 is 0.844 bits per heavy atom. The number of benzene rings is 3. The van der Waals surface area contributed by atoms with Crippen LogP contribution in [0.3, 0.4) is 0 Å². The third-order valence-electron chi connectivity index (χ3n) is 5.42. The van der Waals surface area contributed by atoms with E-state index in [1.54, 1.807) is 6.07 Å². The second-order valence-electron chi connectivity index (χ2n) is 7.45. The fourth-order valence-corrected chi connectivity index (χ4v) is 3.62. The van der Waals surface area contributed by atoms with Gasteiger partial charge in [0, 0.05) is 48.8 Å². The highest BCUT2D eigenvalue weighted by Crippen LogP contribution is 2.25. The lowest BCUT2D eigenvalue weighted by Crippen LogP contribution is -2.46. The summed E-state index contributed by atoms with van der Waals surface area (Å²) in [5.74, 6) is -0.236. The zero-order chi connectivity index (χ0) is 23.1. The third-order valence-corrected chi connectivity index (χ3v) is 5.42. The number of nitrogens with zero attached hydrogens (tertiary/aromatic N) is 2. The molecule has 0 saturated carbocycles. The topological polar surface area (TPSA) is 55.8 Å². The number of amides is 1. The second kappa shape index (κ2) is 10.7. The van der Waals surface area contributed by atoms with Crippen molar-refractivity contribution in [2.75, 3.05) is 41.3 Å². The maximum Gasteiger partial charge on any atom is 0.255 e. The van der Waals surface area contributed by atoms with Gasteiger partial charge in [-0.15, -0.1) is 0 Å². The number of phenolic OH excluding ortho intramolecular Hbond substituents is 1. The van der Waals surface area contributed by atoms with Gasteiger partial charge in [-0.1, -0.05) is 13.8 Å². The first-order valence-electron chi connectivity index (χ1n) is 11.0. The van der Waals surface area contributed by atoms with Gasteiger partial charge in [-0.25, -0.2) is 4.39 Å². The van der Waals surface area contributed by atoms with E-state index in [9.17, 15) is 14.3 Å². The molecule has 3 aromatic carbocycles. The number of aromatic hydroxyl groups is 1. The zero-order valence-corrected chi connectivity index (χ0v) is 18.8. The predicted molar refractivity (Wildman–Crippen MR) is 129 cm³/mol. The lowest BCUT2D eigenvalue weighted by atomic mass is 10.1. The van der Waals surface area contributed by atoms with Crippen molar-refractivity contribution in [2.45, 2.75) is 20.8 Å². The Hall–Kier alpha value is -3.54. The number of hydrogen-bond donors (Lipinski definition) is 2. The average molecular weight is 436 g/mol. The van der Waals surface area contributed by atoms with Gasteiger partial charge in [0.15, 0.2) is 0 Å². The number of nitrogens with one attached hydrogen (secondary N) is 1. The van der Waals surface area contributed by atoms with Gasteiger partial charge in [0.1, 0.15) is 11.6 Å². The first-order chi connectivity index (χ1) is 15.5. The molecule has 0 bridgehead atoms. The molecule has 0 atom stereocenters. The van der Waals surface area contributed by atoms with Crippen LogP contribution in [0.25, 0.3) is 0 Å². The summed E-state index contributed by atoms with van der Waals surface area (Å²) in [7, 11) is 0. The summed E-state index contributed by atoms with van der Waals surface area (Å²) in [4.78, 5) is 17.0. The van der Waals surface area contributed by atoms with E-state index in [2.05, 4.69) is 15.1 Å². The van der Waals surface area contributed by atoms with Crippen molar-refractivity contribution in [3.05, 3.63) is 83.7 Å². The molecule has 1 aliphatic rings. The van der Waals surface area contributed by atoms with Crippen LogP contribution in [-0.4, -0.2) is 37.2 Å². The molecule has 2 N–H and O–H groups in total. The molecule has 168 valence electrons. The molecule has 1 saturated heterocycles. The summed E-state index contributed by atoms with van der Waals surface area (Å²) >= 11 is 0. The number of piperazine rings is 1. The van der Waals surface area contributed by atoms with Crippen LogP contribution in [0.4, 0.5) is 21.5 Å². The molecular formula is C26H30FN3O2. The maximum absolute atomic E-state index is 13.0. The molecule has 1 heterocycles. The number of phenols is 1. The van der Waals surface area contributed by atoms with Gasteiger partial charge in [0.25, 0.3) is 5.91 Å². The number of carbonyl (C=O) groups is 1. The number of hydrogen-bond acceptors (Lipinski definition) is 4. The van der Waals surface area contributed by atoms with Gasteiger partial charge >= 0.3 is 0 Å². The molecule has 3 aromatic rings. The Morgan fingerprint density at radius 2 is 1.38 bits per heavy atom. The predicted octanol–water partition coefficient (Wildman–Crippen LogP) is 5.44. The third kappa shape index (κ3) is 5.58. The Morgan fingerprint density at radius 3 is 1.94 bits per heavy atom. The van der Waals surface area contributed by atoms with Crippen molar-refractivity contribution in [2.24, 2.45) is 0 Å². The first-order valence-corrected chi connectivity index (χ1v) is 11.0. The average Bonchev–Trinajstić information content (AvgIpc) is 2.84. The summed E-state index contributed by atoms with van der Waals surface area (Å²) < 4.78 is 13.0. The minimum Gasteiger partial charge on any atom is -0.508 e. The van der Waals surface area contributed by atoms with Crippen LogP contribution in [0, 0.1) is 12.7 Å². The van der Waals surface area contributed by atoms with Crippen LogP contribution in [0.15, 0.2) is 66.7 Å². The highest BCUT2D eigenvalue weighted by atomic mass is 19.1. The number of aryl methyl sites for hydroxylation is 1. The molecule has 0 radical (unpaired) electrons. The number of carbonyl (C=O) groups excluding carboxylic acids is 1. The van der Waals surface area contributed by atoms with Crippen molar-refractivity contribution in [1.82, 2.24) is 0 Å². The largest absolute Gasteiger partial charge is 0.508 e. The van der Waals surface area contributed by atoms with Crippen LogP contribution in [-0.2, 0) is 0 Å². The standard InChI is InChI=1S/C24H24FN3O2.C2H6/c1-17-16-22(10-11-23(17)29)28-14-12-27(13-15-28)21-8-2-18(3-9-21)24(30)26-20-6-4-19(25)5-7-20;1-2/h2-11,16,29H,12-15H2,1H3,(H,26,30);1-2H3. The van der Waals surface area contributed by atoms with E-state index in [-0.39, 0.29) is 11.7 Å².